The van der Waals surface area contributed by atoms with E-state index in [1.54, 1.807) is 7.11 Å². The Kier molecular flexibility index (Phi) is 6.35. The highest BCUT2D eigenvalue weighted by Gasteiger charge is 2.18. The van der Waals surface area contributed by atoms with Gasteiger partial charge in [0.15, 0.2) is 0 Å². The predicted molar refractivity (Wildman–Crippen MR) is 67.1 cm³/mol. The van der Waals surface area contributed by atoms with Crippen LogP contribution in [-0.4, -0.2) is 36.9 Å². The molecule has 0 aliphatic carbocycles. The van der Waals surface area contributed by atoms with Gasteiger partial charge in [0.1, 0.15) is 6.04 Å². The molecule has 1 unspecified atom stereocenters. The molecule has 100 valence electrons. The van der Waals surface area contributed by atoms with Gasteiger partial charge >= 0.3 is 5.97 Å². The van der Waals surface area contributed by atoms with Crippen LogP contribution in [0.4, 0.5) is 0 Å². The number of rotatable bonds is 8. The molecule has 5 nitrogen and oxygen atoms in total. The van der Waals surface area contributed by atoms with Gasteiger partial charge in [0.25, 0.3) is 0 Å². The third kappa shape index (κ3) is 5.27. The molecule has 0 aliphatic heterocycles. The number of carboxylic acids is 1. The van der Waals surface area contributed by atoms with Crippen molar-refractivity contribution >= 4 is 5.97 Å². The van der Waals surface area contributed by atoms with Crippen molar-refractivity contribution in [3.8, 4) is 0 Å². The maximum atomic E-state index is 11.1. The fourth-order valence-electron chi connectivity index (χ4n) is 1.36. The number of carboxylic acid groups (broad SMARTS) is 1. The van der Waals surface area contributed by atoms with E-state index in [1.807, 2.05) is 37.3 Å². The normalized spacial score (nSPS) is 14.1. The van der Waals surface area contributed by atoms with Gasteiger partial charge in [0.2, 0.25) is 0 Å². The van der Waals surface area contributed by atoms with Crippen molar-refractivity contribution in [2.24, 2.45) is 0 Å². The number of methoxy groups -OCH3 is 1. The average molecular weight is 253 g/mol. The second-order valence-electron chi connectivity index (χ2n) is 4.06. The summed E-state index contributed by atoms with van der Waals surface area (Å²) in [5.41, 5.74) is 3.50. The molecule has 0 fully saturated rings. The summed E-state index contributed by atoms with van der Waals surface area (Å²) in [7, 11) is 1.58. The molecular weight excluding hydrogens is 234 g/mol. The van der Waals surface area contributed by atoms with Crippen LogP contribution >= 0.6 is 0 Å². The number of aliphatic carboxylic acids is 1. The maximum absolute atomic E-state index is 11.1. The average Bonchev–Trinajstić information content (AvgIpc) is 2.38. The minimum atomic E-state index is -0.941. The van der Waals surface area contributed by atoms with Crippen LogP contribution in [0.1, 0.15) is 12.5 Å². The minimum Gasteiger partial charge on any atom is -0.480 e. The molecule has 5 heteroatoms. The molecule has 2 atom stereocenters. The van der Waals surface area contributed by atoms with Gasteiger partial charge in [-0.2, -0.15) is 5.48 Å². The largest absolute Gasteiger partial charge is 0.480 e. The van der Waals surface area contributed by atoms with Crippen molar-refractivity contribution < 1.29 is 19.5 Å². The Hall–Kier alpha value is -1.43. The van der Waals surface area contributed by atoms with Gasteiger partial charge in [-0.1, -0.05) is 30.3 Å². The van der Waals surface area contributed by atoms with Crippen LogP contribution in [0.3, 0.4) is 0 Å². The Morgan fingerprint density at radius 2 is 2.06 bits per heavy atom. The highest BCUT2D eigenvalue weighted by molar-refractivity contribution is 5.73. The SMILES string of the molecule is COC(C)CON[C@@H](Cc1ccccc1)C(=O)O. The highest BCUT2D eigenvalue weighted by Crippen LogP contribution is 2.03. The molecule has 0 aliphatic rings. The second kappa shape index (κ2) is 7.81. The summed E-state index contributed by atoms with van der Waals surface area (Å²) in [6, 6.07) is 8.65. The van der Waals surface area contributed by atoms with Crippen LogP contribution in [0.25, 0.3) is 0 Å². The topological polar surface area (TPSA) is 67.8 Å². The summed E-state index contributed by atoms with van der Waals surface area (Å²) in [5.74, 6) is -0.941. The lowest BCUT2D eigenvalue weighted by Gasteiger charge is -2.16. The van der Waals surface area contributed by atoms with Gasteiger partial charge in [-0.05, 0) is 12.5 Å². The molecule has 1 aromatic rings. The molecule has 1 aromatic carbocycles. The van der Waals surface area contributed by atoms with Crippen molar-refractivity contribution in [3.05, 3.63) is 35.9 Å². The molecule has 1 rings (SSSR count). The summed E-state index contributed by atoms with van der Waals surface area (Å²) in [4.78, 5) is 16.2. The first kappa shape index (κ1) is 14.6. The number of benzene rings is 1. The first-order chi connectivity index (χ1) is 8.63. The second-order valence-corrected chi connectivity index (χ2v) is 4.06. The molecule has 18 heavy (non-hydrogen) atoms. The summed E-state index contributed by atoms with van der Waals surface area (Å²) in [6.45, 7) is 2.14. The van der Waals surface area contributed by atoms with E-state index < -0.39 is 12.0 Å². The summed E-state index contributed by atoms with van der Waals surface area (Å²) in [6.07, 6.45) is 0.293. The number of ether oxygens (including phenoxy) is 1. The van der Waals surface area contributed by atoms with Crippen LogP contribution in [-0.2, 0) is 20.8 Å². The van der Waals surface area contributed by atoms with Gasteiger partial charge in [-0.3, -0.25) is 9.63 Å². The summed E-state index contributed by atoms with van der Waals surface area (Å²) in [5, 5.41) is 9.08. The number of hydroxylamine groups is 1. The predicted octanol–water partition coefficient (Wildman–Crippen LogP) is 1.24. The quantitative estimate of drug-likeness (QED) is 0.682. The maximum Gasteiger partial charge on any atom is 0.323 e. The van der Waals surface area contributed by atoms with E-state index in [2.05, 4.69) is 5.48 Å². The van der Waals surface area contributed by atoms with E-state index in [0.717, 1.165) is 5.56 Å². The van der Waals surface area contributed by atoms with E-state index in [4.69, 9.17) is 14.7 Å². The monoisotopic (exact) mass is 253 g/mol. The van der Waals surface area contributed by atoms with E-state index >= 15 is 0 Å². The standard InChI is InChI=1S/C13H19NO4/c1-10(17-2)9-18-14-12(13(15)16)8-11-6-4-3-5-7-11/h3-7,10,12,14H,8-9H2,1-2H3,(H,15,16)/t10?,12-/m0/s1. The smallest absolute Gasteiger partial charge is 0.323 e. The zero-order valence-corrected chi connectivity index (χ0v) is 10.6. The molecular formula is C13H19NO4. The zero-order chi connectivity index (χ0) is 13.4. The van der Waals surface area contributed by atoms with E-state index in [1.165, 1.54) is 0 Å². The lowest BCUT2D eigenvalue weighted by atomic mass is 10.1. The Bertz CT molecular complexity index is 355. The number of carbonyl (C=O) groups is 1. The first-order valence-electron chi connectivity index (χ1n) is 5.80. The van der Waals surface area contributed by atoms with E-state index in [-0.39, 0.29) is 6.10 Å². The van der Waals surface area contributed by atoms with Gasteiger partial charge in [-0.25, -0.2) is 0 Å². The van der Waals surface area contributed by atoms with Crippen LogP contribution in [0.15, 0.2) is 30.3 Å². The Balaban J connectivity index is 2.43. The lowest BCUT2D eigenvalue weighted by molar-refractivity contribution is -0.145. The van der Waals surface area contributed by atoms with E-state index in [9.17, 15) is 4.79 Å². The first-order valence-corrected chi connectivity index (χ1v) is 5.80. The molecule has 0 bridgehead atoms. The minimum absolute atomic E-state index is 0.0799. The molecule has 0 heterocycles. The summed E-state index contributed by atoms with van der Waals surface area (Å²) >= 11 is 0. The van der Waals surface area contributed by atoms with Crippen molar-refractivity contribution in [2.75, 3.05) is 13.7 Å². The molecule has 0 aromatic heterocycles. The summed E-state index contributed by atoms with van der Waals surface area (Å²) < 4.78 is 5.00. The molecule has 0 saturated carbocycles. The Labute approximate surface area is 107 Å². The molecule has 0 spiro atoms. The van der Waals surface area contributed by atoms with Gasteiger partial charge in [0.05, 0.1) is 12.7 Å². The molecule has 0 amide bonds. The van der Waals surface area contributed by atoms with Crippen LogP contribution in [0, 0.1) is 0 Å². The van der Waals surface area contributed by atoms with Gasteiger partial charge < -0.3 is 9.84 Å². The van der Waals surface area contributed by atoms with Crippen molar-refractivity contribution in [3.63, 3.8) is 0 Å². The number of hydrogen-bond donors (Lipinski definition) is 2. The van der Waals surface area contributed by atoms with Crippen molar-refractivity contribution in [1.29, 1.82) is 0 Å². The van der Waals surface area contributed by atoms with Gasteiger partial charge in [-0.15, -0.1) is 0 Å². The zero-order valence-electron chi connectivity index (χ0n) is 10.6. The molecule has 0 saturated heterocycles. The third-order valence-electron chi connectivity index (χ3n) is 2.53. The van der Waals surface area contributed by atoms with E-state index in [0.29, 0.717) is 13.0 Å². The van der Waals surface area contributed by atoms with Crippen molar-refractivity contribution in [1.82, 2.24) is 5.48 Å². The number of nitrogens with one attached hydrogen (secondary N) is 1. The van der Waals surface area contributed by atoms with Crippen LogP contribution in [0.2, 0.25) is 0 Å². The third-order valence-corrected chi connectivity index (χ3v) is 2.53. The van der Waals surface area contributed by atoms with Crippen LogP contribution in [0.5, 0.6) is 0 Å². The fourth-order valence-corrected chi connectivity index (χ4v) is 1.36. The van der Waals surface area contributed by atoms with Gasteiger partial charge in [0, 0.05) is 13.5 Å². The number of hydrogen-bond acceptors (Lipinski definition) is 4. The molecule has 2 N–H and O–H groups in total. The Morgan fingerprint density at radius 3 is 2.61 bits per heavy atom. The Morgan fingerprint density at radius 1 is 1.39 bits per heavy atom. The lowest BCUT2D eigenvalue weighted by Crippen LogP contribution is -2.39. The van der Waals surface area contributed by atoms with Crippen molar-refractivity contribution in [2.45, 2.75) is 25.5 Å². The van der Waals surface area contributed by atoms with Crippen LogP contribution < -0.4 is 5.48 Å². The highest BCUT2D eigenvalue weighted by atomic mass is 16.7. The molecule has 0 radical (unpaired) electrons. The fraction of sp³-hybridized carbons (Fsp3) is 0.462.